The van der Waals surface area contributed by atoms with Gasteiger partial charge < -0.3 is 15.1 Å². The second-order valence-electron chi connectivity index (χ2n) is 7.94. The van der Waals surface area contributed by atoms with Gasteiger partial charge in [-0.05, 0) is 60.2 Å². The lowest BCUT2D eigenvalue weighted by Crippen LogP contribution is -2.48. The van der Waals surface area contributed by atoms with Gasteiger partial charge in [-0.1, -0.05) is 36.0 Å². The van der Waals surface area contributed by atoms with Crippen molar-refractivity contribution in [1.29, 1.82) is 0 Å². The monoisotopic (exact) mass is 459 g/mol. The molecule has 2 amide bonds. The number of carbonyl (C=O) groups excluding carboxylic acids is 2. The molecule has 1 saturated heterocycles. The fourth-order valence-corrected chi connectivity index (χ4v) is 4.93. The molecule has 0 saturated carbocycles. The first-order valence-electron chi connectivity index (χ1n) is 10.8. The lowest BCUT2D eigenvalue weighted by atomic mass is 10.1. The Kier molecular flexibility index (Phi) is 5.88. The normalized spacial score (nSPS) is 17.0. The van der Waals surface area contributed by atoms with Crippen molar-refractivity contribution in [1.82, 2.24) is 4.90 Å². The summed E-state index contributed by atoms with van der Waals surface area (Å²) in [5.74, 6) is -0.385. The molecule has 1 N–H and O–H groups in total. The number of fused-ring (bicyclic) bond motifs is 1. The number of benzene rings is 3. The second kappa shape index (κ2) is 9.11. The zero-order chi connectivity index (χ0) is 22.8. The quantitative estimate of drug-likeness (QED) is 0.568. The van der Waals surface area contributed by atoms with Gasteiger partial charge >= 0.3 is 0 Å². The average Bonchev–Trinajstić information content (AvgIpc) is 2.85. The Morgan fingerprint density at radius 1 is 0.909 bits per heavy atom. The minimum absolute atomic E-state index is 0.00771. The van der Waals surface area contributed by atoms with E-state index in [1.165, 1.54) is 23.9 Å². The smallest absolute Gasteiger partial charge is 0.262 e. The third-order valence-corrected chi connectivity index (χ3v) is 6.89. The Morgan fingerprint density at radius 3 is 2.33 bits per heavy atom. The number of halogens is 1. The summed E-state index contributed by atoms with van der Waals surface area (Å²) < 4.78 is 13.2. The van der Waals surface area contributed by atoms with Crippen LogP contribution in [-0.4, -0.2) is 42.9 Å². The summed E-state index contributed by atoms with van der Waals surface area (Å²) in [7, 11) is 0. The van der Waals surface area contributed by atoms with Crippen LogP contribution in [-0.2, 0) is 4.79 Å². The highest BCUT2D eigenvalue weighted by atomic mass is 32.2. The van der Waals surface area contributed by atoms with E-state index in [-0.39, 0.29) is 17.6 Å². The molecule has 0 atom stereocenters. The van der Waals surface area contributed by atoms with Crippen molar-refractivity contribution in [2.75, 3.05) is 36.4 Å². The number of hydrogen-bond acceptors (Lipinski definition) is 4. The second-order valence-corrected chi connectivity index (χ2v) is 9.02. The minimum Gasteiger partial charge on any atom is -0.368 e. The van der Waals surface area contributed by atoms with E-state index in [0.29, 0.717) is 36.6 Å². The number of anilines is 2. The summed E-state index contributed by atoms with van der Waals surface area (Å²) >= 11 is 1.44. The Hall–Kier alpha value is -3.58. The topological polar surface area (TPSA) is 52.7 Å². The van der Waals surface area contributed by atoms with Crippen LogP contribution >= 0.6 is 11.8 Å². The highest BCUT2D eigenvalue weighted by Gasteiger charge is 2.23. The van der Waals surface area contributed by atoms with E-state index >= 15 is 0 Å². The molecule has 0 aromatic heterocycles. The van der Waals surface area contributed by atoms with Crippen LogP contribution in [0.1, 0.15) is 15.9 Å². The number of nitrogens with zero attached hydrogens (tertiary/aromatic N) is 2. The zero-order valence-corrected chi connectivity index (χ0v) is 18.6. The third-order valence-electron chi connectivity index (χ3n) is 5.79. The summed E-state index contributed by atoms with van der Waals surface area (Å²) in [6, 6.07) is 21.5. The van der Waals surface area contributed by atoms with Crippen molar-refractivity contribution in [3.8, 4) is 0 Å². The Morgan fingerprint density at radius 2 is 1.61 bits per heavy atom. The molecule has 7 heteroatoms. The zero-order valence-electron chi connectivity index (χ0n) is 17.8. The van der Waals surface area contributed by atoms with Crippen LogP contribution in [0.3, 0.4) is 0 Å². The molecular formula is C26H22FN3O2S. The van der Waals surface area contributed by atoms with Crippen LogP contribution in [0.15, 0.2) is 82.6 Å². The van der Waals surface area contributed by atoms with Crippen molar-refractivity contribution in [3.05, 3.63) is 94.6 Å². The van der Waals surface area contributed by atoms with E-state index in [1.54, 1.807) is 24.3 Å². The molecule has 5 nitrogen and oxygen atoms in total. The van der Waals surface area contributed by atoms with Gasteiger partial charge in [0.25, 0.3) is 11.8 Å². The SMILES string of the molecule is O=C1Nc2ccccc2S/C1=C/c1ccc(C(=O)N2CCN(c3ccc(F)cc3)CC2)cc1. The third kappa shape index (κ3) is 4.64. The first-order chi connectivity index (χ1) is 16.1. The van der Waals surface area contributed by atoms with Gasteiger partial charge in [0.15, 0.2) is 0 Å². The molecule has 1 fully saturated rings. The van der Waals surface area contributed by atoms with Gasteiger partial charge in [-0.15, -0.1) is 0 Å². The van der Waals surface area contributed by atoms with E-state index in [9.17, 15) is 14.0 Å². The molecule has 5 rings (SSSR count). The Labute approximate surface area is 195 Å². The van der Waals surface area contributed by atoms with Crippen molar-refractivity contribution in [2.24, 2.45) is 0 Å². The van der Waals surface area contributed by atoms with Gasteiger partial charge in [0, 0.05) is 42.3 Å². The number of amides is 2. The Bertz CT molecular complexity index is 1220. The van der Waals surface area contributed by atoms with Gasteiger partial charge in [0.2, 0.25) is 0 Å². The summed E-state index contributed by atoms with van der Waals surface area (Å²) in [5, 5.41) is 2.91. The number of rotatable bonds is 3. The predicted octanol–water partition coefficient (Wildman–Crippen LogP) is 4.87. The number of carbonyl (C=O) groups is 2. The molecule has 2 aliphatic rings. The van der Waals surface area contributed by atoms with Gasteiger partial charge in [0.05, 0.1) is 10.6 Å². The maximum atomic E-state index is 13.2. The van der Waals surface area contributed by atoms with Gasteiger partial charge in [-0.25, -0.2) is 4.39 Å². The number of thioether (sulfide) groups is 1. The molecule has 2 heterocycles. The molecule has 0 spiro atoms. The molecule has 0 aliphatic carbocycles. The maximum Gasteiger partial charge on any atom is 0.262 e. The predicted molar refractivity (Wildman–Crippen MR) is 130 cm³/mol. The number of para-hydroxylation sites is 1. The summed E-state index contributed by atoms with van der Waals surface area (Å²) in [6.07, 6.45) is 1.84. The van der Waals surface area contributed by atoms with Gasteiger partial charge in [-0.2, -0.15) is 0 Å². The first kappa shape index (κ1) is 21.3. The molecule has 0 unspecified atom stereocenters. The fraction of sp³-hybridized carbons (Fsp3) is 0.154. The van der Waals surface area contributed by atoms with Gasteiger partial charge in [0.1, 0.15) is 5.82 Å². The summed E-state index contributed by atoms with van der Waals surface area (Å²) in [4.78, 5) is 31.0. The van der Waals surface area contributed by atoms with Crippen molar-refractivity contribution >= 4 is 41.0 Å². The molecule has 166 valence electrons. The van der Waals surface area contributed by atoms with Crippen LogP contribution in [0, 0.1) is 5.82 Å². The first-order valence-corrected chi connectivity index (χ1v) is 11.6. The summed E-state index contributed by atoms with van der Waals surface area (Å²) in [5.41, 5.74) is 3.28. The standard InChI is InChI=1S/C26H22FN3O2S/c27-20-9-11-21(12-10-20)29-13-15-30(16-14-29)26(32)19-7-5-18(6-8-19)17-24-25(31)28-22-3-1-2-4-23(22)33-24/h1-12,17H,13-16H2,(H,28,31)/b24-17+. The summed E-state index contributed by atoms with van der Waals surface area (Å²) in [6.45, 7) is 2.63. The Balaban J connectivity index is 1.23. The van der Waals surface area contributed by atoms with E-state index in [0.717, 1.165) is 21.8 Å². The molecule has 0 radical (unpaired) electrons. The highest BCUT2D eigenvalue weighted by Crippen LogP contribution is 2.38. The lowest BCUT2D eigenvalue weighted by Gasteiger charge is -2.36. The number of piperazine rings is 1. The van der Waals surface area contributed by atoms with Crippen LogP contribution in [0.4, 0.5) is 15.8 Å². The van der Waals surface area contributed by atoms with Crippen molar-refractivity contribution in [2.45, 2.75) is 4.90 Å². The van der Waals surface area contributed by atoms with Crippen LogP contribution < -0.4 is 10.2 Å². The minimum atomic E-state index is -0.251. The van der Waals surface area contributed by atoms with E-state index in [2.05, 4.69) is 10.2 Å². The van der Waals surface area contributed by atoms with E-state index in [1.807, 2.05) is 47.4 Å². The average molecular weight is 460 g/mol. The van der Waals surface area contributed by atoms with Crippen LogP contribution in [0.25, 0.3) is 6.08 Å². The molecule has 2 aliphatic heterocycles. The van der Waals surface area contributed by atoms with Crippen molar-refractivity contribution in [3.63, 3.8) is 0 Å². The number of hydrogen-bond donors (Lipinski definition) is 1. The maximum absolute atomic E-state index is 13.2. The molecule has 3 aromatic carbocycles. The molecule has 0 bridgehead atoms. The molecule has 3 aromatic rings. The van der Waals surface area contributed by atoms with Crippen LogP contribution in [0.5, 0.6) is 0 Å². The molecule has 33 heavy (non-hydrogen) atoms. The largest absolute Gasteiger partial charge is 0.368 e. The fourth-order valence-electron chi connectivity index (χ4n) is 3.98. The van der Waals surface area contributed by atoms with Gasteiger partial charge in [-0.3, -0.25) is 9.59 Å². The van der Waals surface area contributed by atoms with E-state index < -0.39 is 0 Å². The number of nitrogens with one attached hydrogen (secondary N) is 1. The highest BCUT2D eigenvalue weighted by molar-refractivity contribution is 8.04. The lowest BCUT2D eigenvalue weighted by molar-refractivity contribution is -0.112. The molecular weight excluding hydrogens is 437 g/mol. The van der Waals surface area contributed by atoms with E-state index in [4.69, 9.17) is 0 Å². The van der Waals surface area contributed by atoms with Crippen LogP contribution in [0.2, 0.25) is 0 Å². The van der Waals surface area contributed by atoms with Crippen molar-refractivity contribution < 1.29 is 14.0 Å².